The van der Waals surface area contributed by atoms with E-state index in [0.29, 0.717) is 0 Å². The van der Waals surface area contributed by atoms with Gasteiger partial charge in [-0.05, 0) is 77.4 Å². The lowest BCUT2D eigenvalue weighted by atomic mass is 9.86. The van der Waals surface area contributed by atoms with Crippen LogP contribution in [-0.4, -0.2) is 16.1 Å². The first-order valence-corrected chi connectivity index (χ1v) is 11.5. The van der Waals surface area contributed by atoms with Crippen LogP contribution in [0.25, 0.3) is 27.4 Å². The Bertz CT molecular complexity index is 1340. The molecule has 3 aromatic carbocycles. The number of nitrogens with zero attached hydrogens (tertiary/aromatic N) is 1. The summed E-state index contributed by atoms with van der Waals surface area (Å²) in [4.78, 5) is 15.4. The van der Waals surface area contributed by atoms with Gasteiger partial charge in [0, 0.05) is 6.08 Å². The summed E-state index contributed by atoms with van der Waals surface area (Å²) in [5, 5.41) is 8.91. The summed E-state index contributed by atoms with van der Waals surface area (Å²) in [6.07, 6.45) is 3.66. The predicted molar refractivity (Wildman–Crippen MR) is 135 cm³/mol. The lowest BCUT2D eigenvalue weighted by Gasteiger charge is -2.18. The molecule has 0 unspecified atom stereocenters. The minimum absolute atomic E-state index is 0.856. The number of aryl methyl sites for hydroxylation is 2. The van der Waals surface area contributed by atoms with Crippen molar-refractivity contribution in [3.05, 3.63) is 106 Å². The van der Waals surface area contributed by atoms with Crippen LogP contribution < -0.4 is 0 Å². The van der Waals surface area contributed by atoms with Crippen molar-refractivity contribution in [2.45, 2.75) is 27.2 Å². The number of hydrogen-bond donors (Lipinski definition) is 1. The predicted octanol–water partition coefficient (Wildman–Crippen LogP) is 7.38. The second-order valence-corrected chi connectivity index (χ2v) is 8.74. The monoisotopic (exact) mass is 439 g/mol. The number of carboxylic acid groups (broad SMARTS) is 1. The summed E-state index contributed by atoms with van der Waals surface area (Å²) in [7, 11) is 0. The highest BCUT2D eigenvalue weighted by Gasteiger charge is 2.15. The Morgan fingerprint density at radius 2 is 1.75 bits per heavy atom. The molecule has 32 heavy (non-hydrogen) atoms. The molecule has 0 aliphatic heterocycles. The largest absolute Gasteiger partial charge is 0.478 e. The van der Waals surface area contributed by atoms with Gasteiger partial charge in [-0.2, -0.15) is 0 Å². The van der Waals surface area contributed by atoms with Crippen LogP contribution in [0.5, 0.6) is 0 Å². The van der Waals surface area contributed by atoms with Crippen LogP contribution in [-0.2, 0) is 4.79 Å². The van der Waals surface area contributed by atoms with Gasteiger partial charge in [0.2, 0.25) is 0 Å². The molecule has 0 radical (unpaired) electrons. The summed E-state index contributed by atoms with van der Waals surface area (Å²) in [5.74, 6) is -0.950. The number of benzene rings is 3. The Morgan fingerprint density at radius 3 is 2.44 bits per heavy atom. The molecule has 1 heterocycles. The molecule has 4 heteroatoms. The lowest BCUT2D eigenvalue weighted by Crippen LogP contribution is -1.97. The highest BCUT2D eigenvalue weighted by Crippen LogP contribution is 2.37. The van der Waals surface area contributed by atoms with Crippen molar-refractivity contribution in [1.29, 1.82) is 0 Å². The van der Waals surface area contributed by atoms with Gasteiger partial charge in [0.25, 0.3) is 0 Å². The molecule has 4 rings (SSSR count). The molecule has 0 saturated heterocycles. The van der Waals surface area contributed by atoms with Crippen LogP contribution in [0.2, 0.25) is 0 Å². The van der Waals surface area contributed by atoms with Crippen molar-refractivity contribution in [3.8, 4) is 0 Å². The molecular formula is C28H25NO2S. The normalized spacial score (nSPS) is 12.3. The average Bonchev–Trinajstić information content (AvgIpc) is 3.25. The van der Waals surface area contributed by atoms with E-state index in [1.807, 2.05) is 17.6 Å². The molecule has 0 spiro atoms. The Labute approximate surface area is 192 Å². The van der Waals surface area contributed by atoms with Crippen LogP contribution in [0.4, 0.5) is 0 Å². The number of hydrogen-bond acceptors (Lipinski definition) is 3. The quantitative estimate of drug-likeness (QED) is 0.252. The number of aromatic nitrogens is 1. The summed E-state index contributed by atoms with van der Waals surface area (Å²) < 4.78 is 1.17. The van der Waals surface area contributed by atoms with Crippen LogP contribution in [0.15, 0.2) is 72.3 Å². The van der Waals surface area contributed by atoms with E-state index >= 15 is 0 Å². The van der Waals surface area contributed by atoms with Gasteiger partial charge in [0.15, 0.2) is 0 Å². The van der Waals surface area contributed by atoms with E-state index in [4.69, 9.17) is 5.11 Å². The fourth-order valence-corrected chi connectivity index (χ4v) is 4.77. The van der Waals surface area contributed by atoms with Crippen molar-refractivity contribution in [2.24, 2.45) is 0 Å². The first kappa shape index (κ1) is 21.7. The number of carboxylic acids is 1. The number of thiazole rings is 1. The molecule has 0 fully saturated rings. The Balaban J connectivity index is 1.93. The van der Waals surface area contributed by atoms with Gasteiger partial charge in [-0.1, -0.05) is 61.0 Å². The minimum Gasteiger partial charge on any atom is -0.478 e. The summed E-state index contributed by atoms with van der Waals surface area (Å²) in [6, 6.07) is 21.2. The van der Waals surface area contributed by atoms with Crippen LogP contribution in [0.1, 0.15) is 46.7 Å². The van der Waals surface area contributed by atoms with Gasteiger partial charge in [0.1, 0.15) is 0 Å². The molecule has 4 aromatic rings. The number of allylic oxidation sites excluding steroid dienone is 1. The summed E-state index contributed by atoms with van der Waals surface area (Å²) in [5.41, 5.74) is 12.2. The fourth-order valence-electron chi connectivity index (χ4n) is 4.11. The lowest BCUT2D eigenvalue weighted by molar-refractivity contribution is -0.131. The number of rotatable bonds is 6. The van der Waals surface area contributed by atoms with Crippen LogP contribution in [0.3, 0.4) is 0 Å². The fraction of sp³-hybridized carbons (Fsp3) is 0.143. The molecule has 1 N–H and O–H groups in total. The number of fused-ring (bicyclic) bond motifs is 1. The van der Waals surface area contributed by atoms with E-state index in [1.165, 1.54) is 32.5 Å². The molecule has 1 aromatic heterocycles. The highest BCUT2D eigenvalue weighted by molar-refractivity contribution is 7.16. The van der Waals surface area contributed by atoms with E-state index in [0.717, 1.165) is 34.7 Å². The maximum Gasteiger partial charge on any atom is 0.328 e. The molecule has 160 valence electrons. The number of aliphatic carboxylic acids is 1. The van der Waals surface area contributed by atoms with Crippen LogP contribution >= 0.6 is 11.3 Å². The Morgan fingerprint density at radius 1 is 1.00 bits per heavy atom. The molecule has 0 aliphatic rings. The van der Waals surface area contributed by atoms with Crippen molar-refractivity contribution in [3.63, 3.8) is 0 Å². The van der Waals surface area contributed by atoms with E-state index in [1.54, 1.807) is 17.4 Å². The minimum atomic E-state index is -0.950. The zero-order valence-electron chi connectivity index (χ0n) is 18.4. The highest BCUT2D eigenvalue weighted by atomic mass is 32.1. The Hall–Kier alpha value is -3.50. The molecule has 0 aliphatic carbocycles. The van der Waals surface area contributed by atoms with Gasteiger partial charge in [-0.25, -0.2) is 9.78 Å². The number of carbonyl (C=O) groups is 1. The third kappa shape index (κ3) is 4.56. The first-order valence-electron chi connectivity index (χ1n) is 10.6. The van der Waals surface area contributed by atoms with Crippen LogP contribution in [0, 0.1) is 13.8 Å². The standard InChI is InChI=1S/C28H25NO2S/c1-4-23(24-12-5-18(2)15-19(24)3)28(22-11-13-26-25(16-22)29-17-32-26)21-9-6-20(7-10-21)8-14-27(30)31/h5-17H,4H2,1-3H3,(H,30,31)/b14-8+,28-23+. The first-order chi connectivity index (χ1) is 15.5. The van der Waals surface area contributed by atoms with E-state index < -0.39 is 5.97 Å². The second kappa shape index (κ2) is 9.33. The zero-order chi connectivity index (χ0) is 22.7. The van der Waals surface area contributed by atoms with Crippen molar-refractivity contribution in [1.82, 2.24) is 4.98 Å². The molecular weight excluding hydrogens is 414 g/mol. The smallest absolute Gasteiger partial charge is 0.328 e. The maximum absolute atomic E-state index is 10.9. The molecule has 3 nitrogen and oxygen atoms in total. The second-order valence-electron chi connectivity index (χ2n) is 7.85. The molecule has 0 amide bonds. The van der Waals surface area contributed by atoms with E-state index in [-0.39, 0.29) is 0 Å². The van der Waals surface area contributed by atoms with Gasteiger partial charge in [0.05, 0.1) is 15.7 Å². The van der Waals surface area contributed by atoms with Gasteiger partial charge in [-0.15, -0.1) is 11.3 Å². The Kier molecular flexibility index (Phi) is 6.33. The van der Waals surface area contributed by atoms with E-state index in [9.17, 15) is 4.79 Å². The van der Waals surface area contributed by atoms with Gasteiger partial charge < -0.3 is 5.11 Å². The SMILES string of the molecule is CC/C(=C(/c1ccc(/C=C/C(=O)O)cc1)c1ccc2scnc2c1)c1ccc(C)cc1C. The van der Waals surface area contributed by atoms with Crippen molar-refractivity contribution in [2.75, 3.05) is 0 Å². The maximum atomic E-state index is 10.9. The molecule has 0 atom stereocenters. The van der Waals surface area contributed by atoms with E-state index in [2.05, 4.69) is 74.3 Å². The molecule has 0 bridgehead atoms. The van der Waals surface area contributed by atoms with Gasteiger partial charge >= 0.3 is 5.97 Å². The van der Waals surface area contributed by atoms with Crippen molar-refractivity contribution < 1.29 is 9.90 Å². The molecule has 0 saturated carbocycles. The van der Waals surface area contributed by atoms with Gasteiger partial charge in [-0.3, -0.25) is 0 Å². The third-order valence-corrected chi connectivity index (χ3v) is 6.41. The third-order valence-electron chi connectivity index (χ3n) is 5.60. The topological polar surface area (TPSA) is 50.2 Å². The average molecular weight is 440 g/mol. The van der Waals surface area contributed by atoms with Crippen molar-refractivity contribution >= 4 is 44.7 Å². The zero-order valence-corrected chi connectivity index (χ0v) is 19.2. The summed E-state index contributed by atoms with van der Waals surface area (Å²) in [6.45, 7) is 6.48. The summed E-state index contributed by atoms with van der Waals surface area (Å²) >= 11 is 1.65.